The summed E-state index contributed by atoms with van der Waals surface area (Å²) in [7, 11) is 0. The molecule has 0 aliphatic carbocycles. The monoisotopic (exact) mass is 298 g/mol. The van der Waals surface area contributed by atoms with Crippen LogP contribution >= 0.6 is 11.6 Å². The van der Waals surface area contributed by atoms with Crippen LogP contribution in [0.3, 0.4) is 0 Å². The van der Waals surface area contributed by atoms with Gasteiger partial charge in [-0.3, -0.25) is 4.79 Å². The van der Waals surface area contributed by atoms with Gasteiger partial charge in [-0.05, 0) is 39.8 Å². The van der Waals surface area contributed by atoms with E-state index in [0.717, 1.165) is 0 Å². The predicted octanol–water partition coefficient (Wildman–Crippen LogP) is 3.19. The van der Waals surface area contributed by atoms with Crippen LogP contribution in [0.2, 0.25) is 5.02 Å². The van der Waals surface area contributed by atoms with Crippen LogP contribution in [0.5, 0.6) is 0 Å². The summed E-state index contributed by atoms with van der Waals surface area (Å²) in [6.07, 6.45) is -0.640. The van der Waals surface area contributed by atoms with Gasteiger partial charge in [0.2, 0.25) is 5.91 Å². The molecule has 1 aromatic rings. The van der Waals surface area contributed by atoms with Gasteiger partial charge in [0, 0.05) is 0 Å². The number of halogens is 1. The lowest BCUT2D eigenvalue weighted by molar-refractivity contribution is -0.117. The molecule has 1 unspecified atom stereocenters. The van der Waals surface area contributed by atoms with Crippen molar-refractivity contribution in [2.45, 2.75) is 39.3 Å². The Labute approximate surface area is 123 Å². The zero-order valence-corrected chi connectivity index (χ0v) is 12.7. The van der Waals surface area contributed by atoms with Gasteiger partial charge >= 0.3 is 6.09 Å². The van der Waals surface area contributed by atoms with E-state index in [2.05, 4.69) is 10.6 Å². The van der Waals surface area contributed by atoms with Crippen LogP contribution in [0, 0.1) is 0 Å². The van der Waals surface area contributed by atoms with Gasteiger partial charge in [0.15, 0.2) is 0 Å². The van der Waals surface area contributed by atoms with Crippen LogP contribution in [0.4, 0.5) is 10.5 Å². The molecule has 5 nitrogen and oxygen atoms in total. The van der Waals surface area contributed by atoms with Gasteiger partial charge in [0.05, 0.1) is 10.7 Å². The molecule has 0 radical (unpaired) electrons. The maximum Gasteiger partial charge on any atom is 0.408 e. The molecule has 0 fully saturated rings. The van der Waals surface area contributed by atoms with Crippen molar-refractivity contribution in [2.24, 2.45) is 0 Å². The number of carbonyl (C=O) groups excluding carboxylic acids is 2. The molecule has 1 aromatic carbocycles. The molecule has 0 bridgehead atoms. The van der Waals surface area contributed by atoms with Gasteiger partial charge in [-0.15, -0.1) is 0 Å². The highest BCUT2D eigenvalue weighted by atomic mass is 35.5. The van der Waals surface area contributed by atoms with E-state index >= 15 is 0 Å². The number of benzene rings is 1. The fraction of sp³-hybridized carbons (Fsp3) is 0.429. The minimum atomic E-state index is -0.735. The highest BCUT2D eigenvalue weighted by molar-refractivity contribution is 6.33. The third kappa shape index (κ3) is 5.48. The zero-order chi connectivity index (χ0) is 15.3. The van der Waals surface area contributed by atoms with E-state index in [1.807, 2.05) is 0 Å². The predicted molar refractivity (Wildman–Crippen MR) is 78.9 cm³/mol. The molecule has 0 heterocycles. The first kappa shape index (κ1) is 16.3. The number of para-hydroxylation sites is 1. The van der Waals surface area contributed by atoms with Crippen LogP contribution in [0.1, 0.15) is 27.7 Å². The Morgan fingerprint density at radius 2 is 1.85 bits per heavy atom. The summed E-state index contributed by atoms with van der Waals surface area (Å²) in [6, 6.07) is 6.14. The van der Waals surface area contributed by atoms with Crippen molar-refractivity contribution in [3.05, 3.63) is 29.3 Å². The van der Waals surface area contributed by atoms with Gasteiger partial charge in [-0.1, -0.05) is 23.7 Å². The van der Waals surface area contributed by atoms with Crippen LogP contribution in [-0.2, 0) is 9.53 Å². The fourth-order valence-corrected chi connectivity index (χ4v) is 1.54. The van der Waals surface area contributed by atoms with E-state index in [1.54, 1.807) is 52.0 Å². The number of hydrogen-bond acceptors (Lipinski definition) is 3. The first-order chi connectivity index (χ1) is 9.19. The Hall–Kier alpha value is -1.75. The zero-order valence-electron chi connectivity index (χ0n) is 12.0. The number of amides is 2. The molecular formula is C14H19ClN2O3. The van der Waals surface area contributed by atoms with Crippen molar-refractivity contribution in [2.75, 3.05) is 5.32 Å². The molecule has 1 rings (SSSR count). The number of nitrogens with one attached hydrogen (secondary N) is 2. The molecule has 0 aliphatic heterocycles. The summed E-state index contributed by atoms with van der Waals surface area (Å²) in [4.78, 5) is 23.5. The molecule has 0 spiro atoms. The smallest absolute Gasteiger partial charge is 0.408 e. The Bertz CT molecular complexity index is 497. The maximum atomic E-state index is 11.9. The average molecular weight is 299 g/mol. The Balaban J connectivity index is 2.56. The molecule has 110 valence electrons. The second-order valence-electron chi connectivity index (χ2n) is 5.34. The minimum Gasteiger partial charge on any atom is -0.444 e. The minimum absolute atomic E-state index is 0.371. The number of rotatable bonds is 3. The van der Waals surface area contributed by atoms with E-state index in [1.165, 1.54) is 0 Å². The lowest BCUT2D eigenvalue weighted by atomic mass is 10.2. The van der Waals surface area contributed by atoms with E-state index in [4.69, 9.17) is 16.3 Å². The third-order valence-corrected chi connectivity index (χ3v) is 2.59. The first-order valence-corrected chi connectivity index (χ1v) is 6.62. The molecular weight excluding hydrogens is 280 g/mol. The van der Waals surface area contributed by atoms with Crippen molar-refractivity contribution >= 4 is 29.3 Å². The molecule has 2 N–H and O–H groups in total. The first-order valence-electron chi connectivity index (χ1n) is 6.24. The molecule has 0 aliphatic rings. The lowest BCUT2D eigenvalue weighted by Gasteiger charge is -2.21. The quantitative estimate of drug-likeness (QED) is 0.900. The van der Waals surface area contributed by atoms with E-state index in [0.29, 0.717) is 10.7 Å². The topological polar surface area (TPSA) is 67.4 Å². The van der Waals surface area contributed by atoms with Crippen LogP contribution in [-0.4, -0.2) is 23.6 Å². The van der Waals surface area contributed by atoms with Crippen molar-refractivity contribution in [3.8, 4) is 0 Å². The Morgan fingerprint density at radius 1 is 1.25 bits per heavy atom. The summed E-state index contributed by atoms with van der Waals surface area (Å²) < 4.78 is 5.08. The highest BCUT2D eigenvalue weighted by Gasteiger charge is 2.21. The van der Waals surface area contributed by atoms with Crippen molar-refractivity contribution in [1.29, 1.82) is 0 Å². The SMILES string of the molecule is CC(NC(=O)OC(C)(C)C)C(=O)Nc1ccccc1Cl. The molecule has 0 saturated carbocycles. The Kier molecular flexibility index (Phi) is 5.39. The third-order valence-electron chi connectivity index (χ3n) is 2.26. The van der Waals surface area contributed by atoms with Gasteiger partial charge in [-0.25, -0.2) is 4.79 Å². The molecule has 0 aromatic heterocycles. The van der Waals surface area contributed by atoms with Crippen LogP contribution < -0.4 is 10.6 Å². The fourth-order valence-electron chi connectivity index (χ4n) is 1.35. The molecule has 2 amide bonds. The van der Waals surface area contributed by atoms with E-state index < -0.39 is 17.7 Å². The van der Waals surface area contributed by atoms with E-state index in [-0.39, 0.29) is 5.91 Å². The van der Waals surface area contributed by atoms with Gasteiger partial charge in [-0.2, -0.15) is 0 Å². The summed E-state index contributed by atoms with van der Waals surface area (Å²) in [5, 5.41) is 5.53. The molecule has 20 heavy (non-hydrogen) atoms. The molecule has 6 heteroatoms. The second-order valence-corrected chi connectivity index (χ2v) is 5.74. The standard InChI is InChI=1S/C14H19ClN2O3/c1-9(16-13(19)20-14(2,3)4)12(18)17-11-8-6-5-7-10(11)15/h5-9H,1-4H3,(H,16,19)(H,17,18). The lowest BCUT2D eigenvalue weighted by Crippen LogP contribution is -2.44. The van der Waals surface area contributed by atoms with E-state index in [9.17, 15) is 9.59 Å². The summed E-state index contributed by atoms with van der Waals surface area (Å²) in [5.41, 5.74) is -0.111. The number of anilines is 1. The normalized spacial score (nSPS) is 12.4. The summed E-state index contributed by atoms with van der Waals surface area (Å²) in [5.74, 6) is -0.371. The second kappa shape index (κ2) is 6.61. The van der Waals surface area contributed by atoms with Gasteiger partial charge in [0.1, 0.15) is 11.6 Å². The number of carbonyl (C=O) groups is 2. The molecule has 0 saturated heterocycles. The van der Waals surface area contributed by atoms with Gasteiger partial charge in [0.25, 0.3) is 0 Å². The average Bonchev–Trinajstić information content (AvgIpc) is 2.29. The highest BCUT2D eigenvalue weighted by Crippen LogP contribution is 2.20. The number of ether oxygens (including phenoxy) is 1. The van der Waals surface area contributed by atoms with Crippen molar-refractivity contribution in [3.63, 3.8) is 0 Å². The summed E-state index contributed by atoms with van der Waals surface area (Å²) in [6.45, 7) is 6.82. The van der Waals surface area contributed by atoms with Gasteiger partial charge < -0.3 is 15.4 Å². The van der Waals surface area contributed by atoms with Crippen molar-refractivity contribution in [1.82, 2.24) is 5.32 Å². The maximum absolute atomic E-state index is 11.9. The van der Waals surface area contributed by atoms with Crippen LogP contribution in [0.25, 0.3) is 0 Å². The molecule has 1 atom stereocenters. The summed E-state index contributed by atoms with van der Waals surface area (Å²) >= 11 is 5.94. The largest absolute Gasteiger partial charge is 0.444 e. The Morgan fingerprint density at radius 3 is 2.40 bits per heavy atom. The number of alkyl carbamates (subject to hydrolysis) is 1. The van der Waals surface area contributed by atoms with Crippen LogP contribution in [0.15, 0.2) is 24.3 Å². The van der Waals surface area contributed by atoms with Crippen molar-refractivity contribution < 1.29 is 14.3 Å². The number of hydrogen-bond donors (Lipinski definition) is 2.